The maximum atomic E-state index is 13.4. The Morgan fingerprint density at radius 2 is 1.95 bits per heavy atom. The summed E-state index contributed by atoms with van der Waals surface area (Å²) in [6, 6.07) is 2.19. The third kappa shape index (κ3) is 4.81. The summed E-state index contributed by atoms with van der Waals surface area (Å²) in [5.41, 5.74) is -1.26. The SMILES string of the molecule is CC(C)CC(C)(O)CNS(=O)(=O)c1cc(F)ccc1F. The van der Waals surface area contributed by atoms with Gasteiger partial charge in [0.1, 0.15) is 16.5 Å². The van der Waals surface area contributed by atoms with Crippen molar-refractivity contribution < 1.29 is 22.3 Å². The highest BCUT2D eigenvalue weighted by atomic mass is 32.2. The summed E-state index contributed by atoms with van der Waals surface area (Å²) in [5.74, 6) is -1.72. The average Bonchev–Trinajstić information content (AvgIpc) is 2.28. The van der Waals surface area contributed by atoms with E-state index >= 15 is 0 Å². The highest BCUT2D eigenvalue weighted by molar-refractivity contribution is 7.89. The maximum Gasteiger partial charge on any atom is 0.243 e. The molecule has 0 spiro atoms. The highest BCUT2D eigenvalue weighted by Crippen LogP contribution is 2.18. The van der Waals surface area contributed by atoms with Crippen molar-refractivity contribution in [3.05, 3.63) is 29.8 Å². The van der Waals surface area contributed by atoms with E-state index in [-0.39, 0.29) is 12.5 Å². The second-order valence-electron chi connectivity index (χ2n) is 5.49. The van der Waals surface area contributed by atoms with Gasteiger partial charge in [-0.15, -0.1) is 0 Å². The molecule has 1 aromatic carbocycles. The first-order valence-electron chi connectivity index (χ1n) is 6.20. The van der Waals surface area contributed by atoms with E-state index in [1.807, 2.05) is 13.8 Å². The van der Waals surface area contributed by atoms with E-state index in [1.165, 1.54) is 6.92 Å². The largest absolute Gasteiger partial charge is 0.389 e. The van der Waals surface area contributed by atoms with Gasteiger partial charge in [0, 0.05) is 6.54 Å². The highest BCUT2D eigenvalue weighted by Gasteiger charge is 2.26. The molecule has 1 aromatic rings. The molecule has 1 atom stereocenters. The van der Waals surface area contributed by atoms with Gasteiger partial charge in [-0.2, -0.15) is 0 Å². The van der Waals surface area contributed by atoms with Gasteiger partial charge in [0.15, 0.2) is 0 Å². The van der Waals surface area contributed by atoms with Crippen LogP contribution in [0.1, 0.15) is 27.2 Å². The lowest BCUT2D eigenvalue weighted by Crippen LogP contribution is -2.41. The molecule has 0 bridgehead atoms. The number of benzene rings is 1. The van der Waals surface area contributed by atoms with E-state index in [2.05, 4.69) is 4.72 Å². The first kappa shape index (κ1) is 17.0. The molecule has 0 heterocycles. The second kappa shape index (κ2) is 6.15. The van der Waals surface area contributed by atoms with Gasteiger partial charge in [0.05, 0.1) is 5.60 Å². The Morgan fingerprint density at radius 1 is 1.35 bits per heavy atom. The third-order valence-corrected chi connectivity index (χ3v) is 4.09. The number of aliphatic hydroxyl groups is 1. The molecule has 1 rings (SSSR count). The van der Waals surface area contributed by atoms with Crippen LogP contribution in [0.5, 0.6) is 0 Å². The van der Waals surface area contributed by atoms with E-state index in [0.29, 0.717) is 12.5 Å². The van der Waals surface area contributed by atoms with E-state index in [4.69, 9.17) is 0 Å². The quantitative estimate of drug-likeness (QED) is 0.845. The number of nitrogens with one attached hydrogen (secondary N) is 1. The van der Waals surface area contributed by atoms with E-state index in [9.17, 15) is 22.3 Å². The van der Waals surface area contributed by atoms with Crippen LogP contribution in [0.3, 0.4) is 0 Å². The lowest BCUT2D eigenvalue weighted by molar-refractivity contribution is 0.0436. The molecule has 1 unspecified atom stereocenters. The Bertz CT molecular complexity index is 571. The zero-order chi connectivity index (χ0) is 15.6. The van der Waals surface area contributed by atoms with Gasteiger partial charge in [-0.05, 0) is 37.5 Å². The molecule has 2 N–H and O–H groups in total. The summed E-state index contributed by atoms with van der Waals surface area (Å²) in [6.45, 7) is 4.98. The van der Waals surface area contributed by atoms with Gasteiger partial charge < -0.3 is 5.11 Å². The van der Waals surface area contributed by atoms with Crippen LogP contribution in [0.25, 0.3) is 0 Å². The van der Waals surface area contributed by atoms with Crippen molar-refractivity contribution in [3.8, 4) is 0 Å². The fourth-order valence-corrected chi connectivity index (χ4v) is 3.21. The Labute approximate surface area is 117 Å². The summed E-state index contributed by atoms with van der Waals surface area (Å²) in [6.07, 6.45) is 0.376. The molecular weight excluding hydrogens is 288 g/mol. The maximum absolute atomic E-state index is 13.4. The van der Waals surface area contributed by atoms with Crippen LogP contribution in [0.15, 0.2) is 23.1 Å². The lowest BCUT2D eigenvalue weighted by Gasteiger charge is -2.25. The summed E-state index contributed by atoms with van der Waals surface area (Å²) < 4.78 is 52.4. The molecule has 114 valence electrons. The first-order valence-corrected chi connectivity index (χ1v) is 7.69. The molecule has 0 aliphatic rings. The molecule has 4 nitrogen and oxygen atoms in total. The lowest BCUT2D eigenvalue weighted by atomic mass is 9.95. The zero-order valence-electron chi connectivity index (χ0n) is 11.7. The summed E-state index contributed by atoms with van der Waals surface area (Å²) in [5, 5.41) is 10.0. The van der Waals surface area contributed by atoms with Crippen molar-refractivity contribution in [2.75, 3.05) is 6.54 Å². The fourth-order valence-electron chi connectivity index (χ4n) is 1.96. The monoisotopic (exact) mass is 307 g/mol. The van der Waals surface area contributed by atoms with Gasteiger partial charge in [-0.3, -0.25) is 0 Å². The van der Waals surface area contributed by atoms with Crippen LogP contribution in [-0.4, -0.2) is 25.7 Å². The minimum Gasteiger partial charge on any atom is -0.389 e. The Kier molecular flexibility index (Phi) is 5.23. The summed E-state index contributed by atoms with van der Waals surface area (Å²) in [4.78, 5) is -0.766. The normalized spacial score (nSPS) is 15.3. The standard InChI is InChI=1S/C13H19F2NO3S/c1-9(2)7-13(3,17)8-16-20(18,19)12-6-10(14)4-5-11(12)15/h4-6,9,16-17H,7-8H2,1-3H3. The smallest absolute Gasteiger partial charge is 0.243 e. The number of sulfonamides is 1. The van der Waals surface area contributed by atoms with E-state index < -0.39 is 32.2 Å². The van der Waals surface area contributed by atoms with Gasteiger partial charge in [-0.25, -0.2) is 21.9 Å². The van der Waals surface area contributed by atoms with E-state index in [1.54, 1.807) is 0 Å². The van der Waals surface area contributed by atoms with Crippen molar-refractivity contribution in [1.29, 1.82) is 0 Å². The number of halogens is 2. The minimum absolute atomic E-state index is 0.167. The van der Waals surface area contributed by atoms with Crippen molar-refractivity contribution in [3.63, 3.8) is 0 Å². The van der Waals surface area contributed by atoms with Crippen molar-refractivity contribution in [1.82, 2.24) is 4.72 Å². The van der Waals surface area contributed by atoms with E-state index in [0.717, 1.165) is 12.1 Å². The number of hydrogen-bond donors (Lipinski definition) is 2. The van der Waals surface area contributed by atoms with Gasteiger partial charge in [0.25, 0.3) is 0 Å². The van der Waals surface area contributed by atoms with Gasteiger partial charge in [0.2, 0.25) is 10.0 Å². The van der Waals surface area contributed by atoms with Crippen LogP contribution >= 0.6 is 0 Å². The van der Waals surface area contributed by atoms with Gasteiger partial charge >= 0.3 is 0 Å². The molecular formula is C13H19F2NO3S. The van der Waals surface area contributed by atoms with Crippen molar-refractivity contribution in [2.45, 2.75) is 37.7 Å². The predicted molar refractivity (Wildman–Crippen MR) is 71.6 cm³/mol. The fraction of sp³-hybridized carbons (Fsp3) is 0.538. The topological polar surface area (TPSA) is 66.4 Å². The van der Waals surface area contributed by atoms with Crippen molar-refractivity contribution in [2.24, 2.45) is 5.92 Å². The molecule has 0 aromatic heterocycles. The summed E-state index contributed by atoms with van der Waals surface area (Å²) in [7, 11) is -4.21. The van der Waals surface area contributed by atoms with Crippen LogP contribution in [0.2, 0.25) is 0 Å². The summed E-state index contributed by atoms with van der Waals surface area (Å²) >= 11 is 0. The van der Waals surface area contributed by atoms with Crippen LogP contribution in [0.4, 0.5) is 8.78 Å². The minimum atomic E-state index is -4.21. The Hall–Kier alpha value is -1.05. The molecule has 0 aliphatic carbocycles. The Balaban J connectivity index is 2.88. The average molecular weight is 307 g/mol. The molecule has 0 amide bonds. The van der Waals surface area contributed by atoms with Crippen LogP contribution in [-0.2, 0) is 10.0 Å². The van der Waals surface area contributed by atoms with Crippen LogP contribution < -0.4 is 4.72 Å². The van der Waals surface area contributed by atoms with Gasteiger partial charge in [-0.1, -0.05) is 13.8 Å². The molecule has 0 aliphatic heterocycles. The number of rotatable bonds is 6. The molecule has 0 saturated carbocycles. The second-order valence-corrected chi connectivity index (χ2v) is 7.23. The molecule has 0 saturated heterocycles. The van der Waals surface area contributed by atoms with Crippen molar-refractivity contribution >= 4 is 10.0 Å². The molecule has 7 heteroatoms. The molecule has 20 heavy (non-hydrogen) atoms. The first-order chi connectivity index (χ1) is 9.03. The molecule has 0 fully saturated rings. The molecule has 0 radical (unpaired) electrons. The third-order valence-electron chi connectivity index (χ3n) is 2.67. The van der Waals surface area contributed by atoms with Crippen LogP contribution in [0, 0.1) is 17.6 Å². The predicted octanol–water partition coefficient (Wildman–Crippen LogP) is 2.04. The Morgan fingerprint density at radius 3 is 2.50 bits per heavy atom. The zero-order valence-corrected chi connectivity index (χ0v) is 12.5. The number of hydrogen-bond acceptors (Lipinski definition) is 3.